The van der Waals surface area contributed by atoms with Crippen molar-refractivity contribution < 1.29 is 5.11 Å². The third-order valence-corrected chi connectivity index (χ3v) is 3.32. The van der Waals surface area contributed by atoms with Gasteiger partial charge in [-0.15, -0.1) is 11.6 Å². The molecule has 2 aromatic carbocycles. The molecule has 0 amide bonds. The van der Waals surface area contributed by atoms with Crippen LogP contribution >= 0.6 is 23.2 Å². The van der Waals surface area contributed by atoms with Gasteiger partial charge in [0.15, 0.2) is 0 Å². The fraction of sp³-hybridized carbons (Fsp3) is 0.188. The van der Waals surface area contributed by atoms with E-state index in [2.05, 4.69) is 4.99 Å². The molecule has 2 aromatic rings. The largest absolute Gasteiger partial charge is 0.507 e. The van der Waals surface area contributed by atoms with Crippen molar-refractivity contribution in [2.75, 3.05) is 12.4 Å². The summed E-state index contributed by atoms with van der Waals surface area (Å²) in [6.07, 6.45) is 0.791. The van der Waals surface area contributed by atoms with E-state index in [9.17, 15) is 5.11 Å². The molecule has 0 unspecified atom stereocenters. The van der Waals surface area contributed by atoms with Crippen LogP contribution in [0.15, 0.2) is 53.5 Å². The lowest BCUT2D eigenvalue weighted by molar-refractivity contribution is 0.474. The van der Waals surface area contributed by atoms with Gasteiger partial charge in [0, 0.05) is 28.6 Å². The molecule has 104 valence electrons. The van der Waals surface area contributed by atoms with Crippen molar-refractivity contribution in [3.8, 4) is 5.75 Å². The Bertz CT molecular complexity index is 597. The third-order valence-electron chi connectivity index (χ3n) is 2.82. The molecule has 0 bridgehead atoms. The Morgan fingerprint density at radius 3 is 2.55 bits per heavy atom. The van der Waals surface area contributed by atoms with Gasteiger partial charge in [0.25, 0.3) is 0 Å². The molecule has 0 aromatic heterocycles. The van der Waals surface area contributed by atoms with Gasteiger partial charge in [0.1, 0.15) is 5.75 Å². The molecule has 0 radical (unpaired) electrons. The van der Waals surface area contributed by atoms with Crippen molar-refractivity contribution in [1.82, 2.24) is 0 Å². The summed E-state index contributed by atoms with van der Waals surface area (Å²) < 4.78 is 0. The van der Waals surface area contributed by atoms with Crippen LogP contribution in [0.3, 0.4) is 0 Å². The molecule has 0 fully saturated rings. The molecule has 20 heavy (non-hydrogen) atoms. The minimum atomic E-state index is 0.169. The molecule has 4 heteroatoms. The number of phenolic OH excluding ortho intramolecular Hbond substituents is 1. The van der Waals surface area contributed by atoms with Gasteiger partial charge >= 0.3 is 0 Å². The molecular formula is C16H15Cl2NO. The van der Waals surface area contributed by atoms with E-state index in [1.54, 1.807) is 18.2 Å². The lowest BCUT2D eigenvalue weighted by atomic mass is 10.0. The monoisotopic (exact) mass is 307 g/mol. The van der Waals surface area contributed by atoms with Crippen molar-refractivity contribution in [2.45, 2.75) is 6.42 Å². The normalized spacial score (nSPS) is 11.6. The second-order valence-corrected chi connectivity index (χ2v) is 5.11. The van der Waals surface area contributed by atoms with Crippen LogP contribution in [0.2, 0.25) is 5.02 Å². The predicted molar refractivity (Wildman–Crippen MR) is 85.4 cm³/mol. The topological polar surface area (TPSA) is 32.6 Å². The first-order valence-corrected chi connectivity index (χ1v) is 7.28. The zero-order chi connectivity index (χ0) is 14.4. The quantitative estimate of drug-likeness (QED) is 0.492. The van der Waals surface area contributed by atoms with Crippen molar-refractivity contribution in [3.63, 3.8) is 0 Å². The van der Waals surface area contributed by atoms with E-state index in [0.29, 0.717) is 23.0 Å². The van der Waals surface area contributed by atoms with Gasteiger partial charge in [-0.25, -0.2) is 0 Å². The summed E-state index contributed by atoms with van der Waals surface area (Å²) in [5, 5.41) is 10.6. The number of hydrogen-bond acceptors (Lipinski definition) is 2. The van der Waals surface area contributed by atoms with Crippen LogP contribution in [0.4, 0.5) is 0 Å². The van der Waals surface area contributed by atoms with E-state index >= 15 is 0 Å². The Morgan fingerprint density at radius 1 is 1.10 bits per heavy atom. The predicted octanol–water partition coefficient (Wildman–Crippen LogP) is 4.51. The molecule has 1 N–H and O–H groups in total. The smallest absolute Gasteiger partial charge is 0.125 e. The van der Waals surface area contributed by atoms with Crippen LogP contribution < -0.4 is 0 Å². The second kappa shape index (κ2) is 7.32. The van der Waals surface area contributed by atoms with E-state index in [0.717, 1.165) is 17.7 Å². The first-order valence-electron chi connectivity index (χ1n) is 6.37. The highest BCUT2D eigenvalue weighted by Crippen LogP contribution is 2.25. The van der Waals surface area contributed by atoms with Crippen LogP contribution in [0.25, 0.3) is 0 Å². The zero-order valence-corrected chi connectivity index (χ0v) is 12.4. The fourth-order valence-corrected chi connectivity index (χ4v) is 2.17. The first kappa shape index (κ1) is 14.9. The highest BCUT2D eigenvalue weighted by atomic mass is 35.5. The number of hydrogen-bond donors (Lipinski definition) is 1. The van der Waals surface area contributed by atoms with Crippen molar-refractivity contribution in [2.24, 2.45) is 4.99 Å². The summed E-state index contributed by atoms with van der Waals surface area (Å²) in [7, 11) is 0. The summed E-state index contributed by atoms with van der Waals surface area (Å²) in [5.41, 5.74) is 2.31. The third kappa shape index (κ3) is 3.75. The fourth-order valence-electron chi connectivity index (χ4n) is 1.88. The van der Waals surface area contributed by atoms with Gasteiger partial charge in [-0.05, 0) is 24.6 Å². The molecule has 0 aliphatic rings. The highest BCUT2D eigenvalue weighted by molar-refractivity contribution is 6.31. The lowest BCUT2D eigenvalue weighted by Gasteiger charge is -2.10. The summed E-state index contributed by atoms with van der Waals surface area (Å²) in [6.45, 7) is 0.611. The van der Waals surface area contributed by atoms with Gasteiger partial charge < -0.3 is 5.11 Å². The van der Waals surface area contributed by atoms with Gasteiger partial charge in [-0.1, -0.05) is 41.9 Å². The number of phenols is 1. The van der Waals surface area contributed by atoms with E-state index in [1.165, 1.54) is 0 Å². The van der Waals surface area contributed by atoms with E-state index < -0.39 is 0 Å². The molecule has 0 aliphatic heterocycles. The number of nitrogens with zero attached hydrogens (tertiary/aromatic N) is 1. The maximum atomic E-state index is 10.1. The van der Waals surface area contributed by atoms with Crippen LogP contribution in [0.1, 0.15) is 17.5 Å². The highest BCUT2D eigenvalue weighted by Gasteiger charge is 2.11. The van der Waals surface area contributed by atoms with Gasteiger partial charge in [0.2, 0.25) is 0 Å². The average molecular weight is 308 g/mol. The number of halogens is 2. The maximum Gasteiger partial charge on any atom is 0.125 e. The number of alkyl halides is 1. The SMILES string of the molecule is Oc1ccc(Cl)cc1C(=NCCCCl)c1ccccc1. The molecule has 0 saturated heterocycles. The Balaban J connectivity index is 2.46. The Kier molecular flexibility index (Phi) is 5.45. The van der Waals surface area contributed by atoms with E-state index in [4.69, 9.17) is 23.2 Å². The number of aliphatic imine (C=N–C) groups is 1. The molecule has 0 spiro atoms. The summed E-state index contributed by atoms with van der Waals surface area (Å²) >= 11 is 11.7. The second-order valence-electron chi connectivity index (χ2n) is 4.30. The zero-order valence-electron chi connectivity index (χ0n) is 10.9. The molecule has 0 heterocycles. The first-order chi connectivity index (χ1) is 9.72. The van der Waals surface area contributed by atoms with E-state index in [1.807, 2.05) is 30.3 Å². The van der Waals surface area contributed by atoms with Gasteiger partial charge in [0.05, 0.1) is 5.71 Å². The van der Waals surface area contributed by atoms with E-state index in [-0.39, 0.29) is 5.75 Å². The van der Waals surface area contributed by atoms with Crippen molar-refractivity contribution in [1.29, 1.82) is 0 Å². The van der Waals surface area contributed by atoms with Crippen molar-refractivity contribution in [3.05, 3.63) is 64.7 Å². The molecule has 0 saturated carbocycles. The maximum absolute atomic E-state index is 10.1. The van der Waals surface area contributed by atoms with Crippen molar-refractivity contribution >= 4 is 28.9 Å². The summed E-state index contributed by atoms with van der Waals surface area (Å²) in [6, 6.07) is 14.7. The molecule has 2 rings (SSSR count). The van der Waals surface area contributed by atoms with Crippen LogP contribution in [0, 0.1) is 0 Å². The van der Waals surface area contributed by atoms with Crippen LogP contribution in [0.5, 0.6) is 5.75 Å². The standard InChI is InChI=1S/C16H15Cl2NO/c17-9-4-10-19-16(12-5-2-1-3-6-12)14-11-13(18)7-8-15(14)20/h1-3,5-8,11,20H,4,9-10H2. The van der Waals surface area contributed by atoms with Gasteiger partial charge in [-0.3, -0.25) is 4.99 Å². The minimum Gasteiger partial charge on any atom is -0.507 e. The minimum absolute atomic E-state index is 0.169. The van der Waals surface area contributed by atoms with Crippen LogP contribution in [-0.4, -0.2) is 23.2 Å². The number of rotatable bonds is 5. The molecule has 0 aliphatic carbocycles. The Labute approximate surface area is 128 Å². The summed E-state index contributed by atoms with van der Waals surface area (Å²) in [4.78, 5) is 4.57. The van der Waals surface area contributed by atoms with Gasteiger partial charge in [-0.2, -0.15) is 0 Å². The number of aromatic hydroxyl groups is 1. The molecule has 2 nitrogen and oxygen atoms in total. The number of benzene rings is 2. The lowest BCUT2D eigenvalue weighted by Crippen LogP contribution is -2.05. The van der Waals surface area contributed by atoms with Crippen LogP contribution in [-0.2, 0) is 0 Å². The molecular weight excluding hydrogens is 293 g/mol. The average Bonchev–Trinajstić information content (AvgIpc) is 2.48. The Hall–Kier alpha value is -1.51. The molecule has 0 atom stereocenters. The summed E-state index contributed by atoms with van der Waals surface area (Å²) in [5.74, 6) is 0.732. The Morgan fingerprint density at radius 2 is 1.85 bits per heavy atom.